The van der Waals surface area contributed by atoms with Gasteiger partial charge < -0.3 is 19.3 Å². The molecule has 0 saturated carbocycles. The highest BCUT2D eigenvalue weighted by atomic mass is 35.5. The monoisotopic (exact) mass is 554 g/mol. The lowest BCUT2D eigenvalue weighted by molar-refractivity contribution is 0.0796. The van der Waals surface area contributed by atoms with E-state index in [4.69, 9.17) is 26.1 Å². The van der Waals surface area contributed by atoms with Gasteiger partial charge >= 0.3 is 0 Å². The number of nitrogens with zero attached hydrogens (tertiary/aromatic N) is 4. The molecule has 0 spiro atoms. The van der Waals surface area contributed by atoms with Crippen molar-refractivity contribution in [3.8, 4) is 11.5 Å². The van der Waals surface area contributed by atoms with Crippen LogP contribution in [0.1, 0.15) is 41.3 Å². The van der Waals surface area contributed by atoms with E-state index in [1.165, 1.54) is 12.8 Å². The van der Waals surface area contributed by atoms with Gasteiger partial charge in [0, 0.05) is 44.1 Å². The smallest absolute Gasteiger partial charge is 0.253 e. The maximum absolute atomic E-state index is 13.0. The first-order valence-corrected chi connectivity index (χ1v) is 14.2. The third-order valence-corrected chi connectivity index (χ3v) is 7.98. The zero-order chi connectivity index (χ0) is 27.1. The van der Waals surface area contributed by atoms with Crippen molar-refractivity contribution in [2.24, 2.45) is 5.92 Å². The highest BCUT2D eigenvalue weighted by Gasteiger charge is 2.18. The number of halogens is 1. The molecule has 1 aliphatic rings. The number of likely N-dealkylation sites (N-methyl/N-ethyl adjacent to an activating group) is 1. The summed E-state index contributed by atoms with van der Waals surface area (Å²) in [7, 11) is 5.06. The van der Waals surface area contributed by atoms with Crippen molar-refractivity contribution in [1.82, 2.24) is 14.9 Å². The maximum atomic E-state index is 13.0. The normalized spacial score (nSPS) is 13.9. The summed E-state index contributed by atoms with van der Waals surface area (Å²) in [4.78, 5) is 26.2. The fourth-order valence-electron chi connectivity index (χ4n) is 4.40. The second-order valence-electron chi connectivity index (χ2n) is 9.65. The third-order valence-electron chi connectivity index (χ3n) is 6.87. The molecule has 38 heavy (non-hydrogen) atoms. The van der Waals surface area contributed by atoms with Crippen LogP contribution < -0.4 is 14.4 Å². The van der Waals surface area contributed by atoms with Crippen molar-refractivity contribution in [1.29, 1.82) is 0 Å². The summed E-state index contributed by atoms with van der Waals surface area (Å²) in [6.07, 6.45) is 3.05. The Morgan fingerprint density at radius 1 is 1.03 bits per heavy atom. The van der Waals surface area contributed by atoms with E-state index in [2.05, 4.69) is 16.8 Å². The molecule has 2 aromatic carbocycles. The zero-order valence-electron chi connectivity index (χ0n) is 22.4. The van der Waals surface area contributed by atoms with Crippen LogP contribution in [-0.4, -0.2) is 61.7 Å². The van der Waals surface area contributed by atoms with Crippen LogP contribution in [0, 0.1) is 5.92 Å². The first kappa shape index (κ1) is 28.0. The Labute approximate surface area is 234 Å². The molecule has 9 heteroatoms. The minimum Gasteiger partial charge on any atom is -0.493 e. The molecule has 7 nitrogen and oxygen atoms in total. The number of anilines is 1. The average molecular weight is 555 g/mol. The van der Waals surface area contributed by atoms with Crippen LogP contribution in [-0.2, 0) is 12.2 Å². The third kappa shape index (κ3) is 7.32. The molecule has 3 aromatic rings. The van der Waals surface area contributed by atoms with Gasteiger partial charge in [0.1, 0.15) is 11.0 Å². The molecule has 1 aliphatic heterocycles. The Hall–Kier alpha value is -2.97. The summed E-state index contributed by atoms with van der Waals surface area (Å²) in [5.41, 5.74) is 2.83. The number of thioether (sulfide) groups is 1. The first-order chi connectivity index (χ1) is 18.4. The number of rotatable bonds is 10. The summed E-state index contributed by atoms with van der Waals surface area (Å²) in [6.45, 7) is 4.88. The maximum Gasteiger partial charge on any atom is 0.253 e. The van der Waals surface area contributed by atoms with Crippen LogP contribution in [0.15, 0.2) is 53.7 Å². The van der Waals surface area contributed by atoms with Crippen molar-refractivity contribution in [3.05, 3.63) is 70.4 Å². The van der Waals surface area contributed by atoms with Gasteiger partial charge in [0.25, 0.3) is 5.91 Å². The lowest BCUT2D eigenvalue weighted by Gasteiger charge is -2.31. The molecule has 0 aliphatic carbocycles. The summed E-state index contributed by atoms with van der Waals surface area (Å²) >= 11 is 7.86. The van der Waals surface area contributed by atoms with E-state index in [0.29, 0.717) is 39.7 Å². The van der Waals surface area contributed by atoms with Crippen LogP contribution in [0.4, 0.5) is 5.82 Å². The number of aromatic nitrogens is 2. The fourth-order valence-corrected chi connectivity index (χ4v) is 5.43. The lowest BCUT2D eigenvalue weighted by atomic mass is 9.99. The number of hydrogen-bond donors (Lipinski definition) is 0. The molecule has 4 rings (SSSR count). The van der Waals surface area contributed by atoms with Gasteiger partial charge in [0.2, 0.25) is 0 Å². The van der Waals surface area contributed by atoms with Crippen LogP contribution in [0.25, 0.3) is 0 Å². The molecule has 2 heterocycles. The molecule has 1 amide bonds. The number of carbonyl (C=O) groups excluding carboxylic acids is 1. The van der Waals surface area contributed by atoms with Crippen LogP contribution in [0.5, 0.6) is 11.5 Å². The molecular formula is C29H35ClN4O3S. The predicted octanol–water partition coefficient (Wildman–Crippen LogP) is 5.99. The molecule has 0 radical (unpaired) electrons. The molecule has 0 bridgehead atoms. The van der Waals surface area contributed by atoms with Crippen molar-refractivity contribution in [2.75, 3.05) is 45.8 Å². The van der Waals surface area contributed by atoms with Crippen molar-refractivity contribution < 1.29 is 14.3 Å². The fraction of sp³-hybridized carbons (Fsp3) is 0.414. The Morgan fingerprint density at radius 3 is 2.39 bits per heavy atom. The first-order valence-electron chi connectivity index (χ1n) is 12.8. The summed E-state index contributed by atoms with van der Waals surface area (Å²) in [5, 5.41) is 1.13. The van der Waals surface area contributed by atoms with E-state index >= 15 is 0 Å². The van der Waals surface area contributed by atoms with E-state index in [1.54, 1.807) is 30.9 Å². The zero-order valence-corrected chi connectivity index (χ0v) is 24.0. The lowest BCUT2D eigenvalue weighted by Crippen LogP contribution is -2.33. The standard InChI is InChI=1S/C29H35ClN4O3S/c1-20-11-15-34(16-12-20)27-18-26(30)31-29(32-27)38-19-22-5-8-23(9-6-22)28(35)33(2)14-13-21-7-10-24(36-3)25(17-21)37-4/h5-10,17-18,20H,11-16,19H2,1-4H3. The Bertz CT molecular complexity index is 1230. The van der Waals surface area contributed by atoms with Crippen LogP contribution in [0.2, 0.25) is 5.15 Å². The van der Waals surface area contributed by atoms with E-state index in [9.17, 15) is 4.79 Å². The Balaban J connectivity index is 1.31. The summed E-state index contributed by atoms with van der Waals surface area (Å²) in [6, 6.07) is 15.4. The second kappa shape index (κ2) is 13.2. The molecular weight excluding hydrogens is 520 g/mol. The van der Waals surface area contributed by atoms with Gasteiger partial charge in [-0.15, -0.1) is 0 Å². The average Bonchev–Trinajstić information content (AvgIpc) is 2.94. The van der Waals surface area contributed by atoms with E-state index in [1.807, 2.05) is 55.6 Å². The quantitative estimate of drug-likeness (QED) is 0.173. The minimum atomic E-state index is -0.0108. The van der Waals surface area contributed by atoms with Crippen LogP contribution in [0.3, 0.4) is 0 Å². The van der Waals surface area contributed by atoms with Gasteiger partial charge in [-0.25, -0.2) is 9.97 Å². The number of ether oxygens (including phenoxy) is 2. The second-order valence-corrected chi connectivity index (χ2v) is 11.0. The van der Waals surface area contributed by atoms with E-state index in [-0.39, 0.29) is 5.91 Å². The van der Waals surface area contributed by atoms with E-state index < -0.39 is 0 Å². The predicted molar refractivity (Wildman–Crippen MR) is 154 cm³/mol. The highest BCUT2D eigenvalue weighted by molar-refractivity contribution is 7.98. The SMILES string of the molecule is COc1ccc(CCN(C)C(=O)c2ccc(CSc3nc(Cl)cc(N4CCC(C)CC4)n3)cc2)cc1OC. The highest BCUT2D eigenvalue weighted by Crippen LogP contribution is 2.29. The Kier molecular flexibility index (Phi) is 9.74. The van der Waals surface area contributed by atoms with Gasteiger partial charge in [-0.05, 0) is 60.6 Å². The van der Waals surface area contributed by atoms with E-state index in [0.717, 1.165) is 42.4 Å². The molecule has 0 N–H and O–H groups in total. The molecule has 0 unspecified atom stereocenters. The molecule has 1 saturated heterocycles. The number of benzene rings is 2. The number of piperidine rings is 1. The van der Waals surface area contributed by atoms with Crippen molar-refractivity contribution in [3.63, 3.8) is 0 Å². The minimum absolute atomic E-state index is 0.0108. The molecule has 202 valence electrons. The molecule has 1 fully saturated rings. The number of hydrogen-bond acceptors (Lipinski definition) is 7. The number of methoxy groups -OCH3 is 2. The molecule has 1 aromatic heterocycles. The number of carbonyl (C=O) groups is 1. The van der Waals surface area contributed by atoms with Crippen molar-refractivity contribution >= 4 is 35.1 Å². The van der Waals surface area contributed by atoms with Gasteiger partial charge in [-0.2, -0.15) is 0 Å². The van der Waals surface area contributed by atoms with Crippen molar-refractivity contribution in [2.45, 2.75) is 37.1 Å². The summed E-state index contributed by atoms with van der Waals surface area (Å²) < 4.78 is 10.7. The van der Waals surface area contributed by atoms with Gasteiger partial charge in [-0.3, -0.25) is 4.79 Å². The topological polar surface area (TPSA) is 67.8 Å². The van der Waals surface area contributed by atoms with Gasteiger partial charge in [0.05, 0.1) is 14.2 Å². The molecule has 0 atom stereocenters. The largest absolute Gasteiger partial charge is 0.493 e. The Morgan fingerprint density at radius 2 is 1.71 bits per heavy atom. The van der Waals surface area contributed by atoms with Crippen LogP contribution >= 0.6 is 23.4 Å². The van der Waals surface area contributed by atoms with Gasteiger partial charge in [-0.1, -0.05) is 48.5 Å². The van der Waals surface area contributed by atoms with Gasteiger partial charge in [0.15, 0.2) is 16.7 Å². The summed E-state index contributed by atoms with van der Waals surface area (Å²) in [5.74, 6) is 3.72. The number of amides is 1.